The van der Waals surface area contributed by atoms with Gasteiger partial charge < -0.3 is 9.80 Å². The lowest BCUT2D eigenvalue weighted by Gasteiger charge is -2.53. The van der Waals surface area contributed by atoms with Crippen molar-refractivity contribution in [3.05, 3.63) is 70.9 Å². The number of aryl methyl sites for hydroxylation is 1. The summed E-state index contributed by atoms with van der Waals surface area (Å²) in [6.07, 6.45) is 13.0. The molecule has 2 aromatic rings. The second-order valence-corrected chi connectivity index (χ2v) is 10.8. The van der Waals surface area contributed by atoms with E-state index < -0.39 is 0 Å². The van der Waals surface area contributed by atoms with E-state index >= 15 is 0 Å². The summed E-state index contributed by atoms with van der Waals surface area (Å²) in [5, 5.41) is 0. The lowest BCUT2D eigenvalue weighted by atomic mass is 9.64. The minimum absolute atomic E-state index is 0.168. The van der Waals surface area contributed by atoms with E-state index in [1.54, 1.807) is 5.56 Å². The van der Waals surface area contributed by atoms with Crippen molar-refractivity contribution >= 4 is 11.4 Å². The molecule has 32 heavy (non-hydrogen) atoms. The van der Waals surface area contributed by atoms with E-state index in [2.05, 4.69) is 79.1 Å². The zero-order valence-electron chi connectivity index (χ0n) is 20.1. The number of fused-ring (bicyclic) bond motifs is 3. The molecule has 168 valence electrons. The van der Waals surface area contributed by atoms with Crippen LogP contribution in [0.25, 0.3) is 5.70 Å². The molecular formula is C30H38N2. The van der Waals surface area contributed by atoms with Crippen molar-refractivity contribution in [2.45, 2.75) is 90.3 Å². The Hall–Kier alpha value is -2.22. The summed E-state index contributed by atoms with van der Waals surface area (Å²) >= 11 is 0. The van der Waals surface area contributed by atoms with E-state index in [0.29, 0.717) is 6.17 Å². The highest BCUT2D eigenvalue weighted by Crippen LogP contribution is 2.63. The first-order valence-corrected chi connectivity index (χ1v) is 13.1. The number of para-hydroxylation sites is 1. The molecule has 4 aliphatic rings. The third kappa shape index (κ3) is 2.65. The van der Waals surface area contributed by atoms with Gasteiger partial charge in [-0.1, -0.05) is 74.6 Å². The van der Waals surface area contributed by atoms with Crippen LogP contribution in [0.15, 0.2) is 54.2 Å². The minimum atomic E-state index is 0.168. The maximum absolute atomic E-state index is 2.95. The Morgan fingerprint density at radius 1 is 0.750 bits per heavy atom. The van der Waals surface area contributed by atoms with E-state index in [9.17, 15) is 0 Å². The van der Waals surface area contributed by atoms with Crippen LogP contribution in [-0.2, 0) is 5.54 Å². The molecule has 6 rings (SSSR count). The number of benzene rings is 2. The fourth-order valence-corrected chi connectivity index (χ4v) is 8.15. The Bertz CT molecular complexity index is 1040. The highest BCUT2D eigenvalue weighted by atomic mass is 15.5. The van der Waals surface area contributed by atoms with E-state index in [1.807, 2.05) is 0 Å². The Morgan fingerprint density at radius 2 is 1.34 bits per heavy atom. The monoisotopic (exact) mass is 426 g/mol. The molecule has 0 radical (unpaired) electrons. The Morgan fingerprint density at radius 3 is 2.03 bits per heavy atom. The van der Waals surface area contributed by atoms with Crippen molar-refractivity contribution in [1.29, 1.82) is 0 Å². The predicted molar refractivity (Wildman–Crippen MR) is 134 cm³/mol. The lowest BCUT2D eigenvalue weighted by molar-refractivity contribution is -0.00330. The Balaban J connectivity index is 1.59. The van der Waals surface area contributed by atoms with Crippen LogP contribution in [0.4, 0.5) is 5.69 Å². The van der Waals surface area contributed by atoms with Gasteiger partial charge in [0.05, 0.1) is 11.2 Å². The molecule has 2 saturated carbocycles. The second-order valence-electron chi connectivity index (χ2n) is 10.8. The van der Waals surface area contributed by atoms with Crippen molar-refractivity contribution in [3.8, 4) is 0 Å². The van der Waals surface area contributed by atoms with Gasteiger partial charge in [0.1, 0.15) is 6.17 Å². The zero-order valence-corrected chi connectivity index (χ0v) is 20.1. The first kappa shape index (κ1) is 20.4. The van der Waals surface area contributed by atoms with Crippen molar-refractivity contribution in [2.75, 3.05) is 4.90 Å². The molecule has 0 aromatic heterocycles. The maximum atomic E-state index is 2.95. The molecule has 2 unspecified atom stereocenters. The average molecular weight is 427 g/mol. The summed E-state index contributed by atoms with van der Waals surface area (Å²) < 4.78 is 0. The van der Waals surface area contributed by atoms with Gasteiger partial charge in [0, 0.05) is 16.9 Å². The molecule has 2 aliphatic carbocycles. The van der Waals surface area contributed by atoms with Crippen molar-refractivity contribution < 1.29 is 0 Å². The van der Waals surface area contributed by atoms with E-state index in [4.69, 9.17) is 0 Å². The molecule has 0 bridgehead atoms. The Kier molecular flexibility index (Phi) is 4.89. The van der Waals surface area contributed by atoms with Crippen molar-refractivity contribution in [1.82, 2.24) is 4.90 Å². The van der Waals surface area contributed by atoms with Crippen LogP contribution in [0.1, 0.15) is 88.3 Å². The summed E-state index contributed by atoms with van der Waals surface area (Å²) in [7, 11) is 0. The molecule has 0 spiro atoms. The van der Waals surface area contributed by atoms with Crippen LogP contribution in [0.5, 0.6) is 0 Å². The highest BCUT2D eigenvalue weighted by molar-refractivity contribution is 5.83. The third-order valence-corrected chi connectivity index (χ3v) is 9.28. The van der Waals surface area contributed by atoms with Crippen LogP contribution in [-0.4, -0.2) is 11.1 Å². The van der Waals surface area contributed by atoms with E-state index in [1.165, 1.54) is 86.0 Å². The van der Waals surface area contributed by atoms with Gasteiger partial charge in [0.2, 0.25) is 0 Å². The molecule has 2 fully saturated rings. The van der Waals surface area contributed by atoms with Crippen LogP contribution in [0.3, 0.4) is 0 Å². The molecule has 2 aromatic carbocycles. The summed E-state index contributed by atoms with van der Waals surface area (Å²) in [6, 6.07) is 18.5. The fourth-order valence-electron chi connectivity index (χ4n) is 8.15. The minimum Gasteiger partial charge on any atom is -0.339 e. The average Bonchev–Trinajstić information content (AvgIpc) is 3.51. The number of hydrogen-bond acceptors (Lipinski definition) is 2. The van der Waals surface area contributed by atoms with Crippen LogP contribution >= 0.6 is 0 Å². The highest BCUT2D eigenvalue weighted by Gasteiger charge is 2.61. The first-order valence-electron chi connectivity index (χ1n) is 13.1. The van der Waals surface area contributed by atoms with Crippen molar-refractivity contribution in [3.63, 3.8) is 0 Å². The molecular weight excluding hydrogens is 388 g/mol. The summed E-state index contributed by atoms with van der Waals surface area (Å²) in [4.78, 5) is 5.60. The lowest BCUT2D eigenvalue weighted by Crippen LogP contribution is -2.56. The van der Waals surface area contributed by atoms with Crippen molar-refractivity contribution in [2.24, 2.45) is 11.8 Å². The molecule has 2 nitrogen and oxygen atoms in total. The van der Waals surface area contributed by atoms with Gasteiger partial charge in [-0.15, -0.1) is 0 Å². The molecule has 2 heterocycles. The van der Waals surface area contributed by atoms with Gasteiger partial charge in [-0.05, 0) is 75.5 Å². The molecule has 2 atom stereocenters. The van der Waals surface area contributed by atoms with Crippen LogP contribution in [0.2, 0.25) is 0 Å². The van der Waals surface area contributed by atoms with Gasteiger partial charge in [0.25, 0.3) is 0 Å². The standard InChI is InChI=1S/C30H38N2/c1-21-13-7-12-20-28(21)31-22(2)29-26-18-10-11-19-27(26)30(32(29)23(31)3,25-16-8-9-17-25)24-14-5-4-6-15-24/h7,10-13,18-20,23-25H,4-6,8-9,14-17H2,1-3H3. The zero-order chi connectivity index (χ0) is 21.9. The quantitative estimate of drug-likeness (QED) is 0.493. The smallest absolute Gasteiger partial charge is 0.104 e. The molecule has 2 heteroatoms. The number of allylic oxidation sites excluding steroid dienone is 1. The van der Waals surface area contributed by atoms with Gasteiger partial charge in [-0.3, -0.25) is 0 Å². The molecule has 0 amide bonds. The molecule has 0 N–H and O–H groups in total. The maximum Gasteiger partial charge on any atom is 0.104 e. The largest absolute Gasteiger partial charge is 0.339 e. The third-order valence-electron chi connectivity index (χ3n) is 9.28. The fraction of sp³-hybridized carbons (Fsp3) is 0.533. The summed E-state index contributed by atoms with van der Waals surface area (Å²) in [5.74, 6) is 1.54. The van der Waals surface area contributed by atoms with E-state index in [0.717, 1.165) is 11.8 Å². The van der Waals surface area contributed by atoms with Gasteiger partial charge >= 0.3 is 0 Å². The number of nitrogens with zero attached hydrogens (tertiary/aromatic N) is 2. The van der Waals surface area contributed by atoms with Gasteiger partial charge in [-0.25, -0.2) is 0 Å². The van der Waals surface area contributed by atoms with Crippen LogP contribution in [0, 0.1) is 18.8 Å². The predicted octanol–water partition coefficient (Wildman–Crippen LogP) is 7.83. The Labute approximate surface area is 194 Å². The van der Waals surface area contributed by atoms with E-state index in [-0.39, 0.29) is 5.54 Å². The van der Waals surface area contributed by atoms with Crippen LogP contribution < -0.4 is 4.90 Å². The summed E-state index contributed by atoms with van der Waals surface area (Å²) in [6.45, 7) is 7.12. The van der Waals surface area contributed by atoms with Gasteiger partial charge in [0.15, 0.2) is 0 Å². The number of rotatable bonds is 3. The SMILES string of the molecule is CC1=C2c3ccccc3C(C3CCCCC3)(C3CCCC3)N2C(C)N1c1ccccc1C. The molecule has 2 aliphatic heterocycles. The second kappa shape index (κ2) is 7.68. The normalized spacial score (nSPS) is 28.5. The first-order chi connectivity index (χ1) is 15.7. The topological polar surface area (TPSA) is 6.48 Å². The van der Waals surface area contributed by atoms with Gasteiger partial charge in [-0.2, -0.15) is 0 Å². The number of hydrogen-bond donors (Lipinski definition) is 0. The number of anilines is 1. The summed E-state index contributed by atoms with van der Waals surface area (Å²) in [5.41, 5.74) is 9.05. The molecule has 0 saturated heterocycles.